The number of rotatable bonds is 7. The molecule has 1 aliphatic carbocycles. The van der Waals surface area contributed by atoms with Crippen molar-refractivity contribution in [3.8, 4) is 11.1 Å². The highest BCUT2D eigenvalue weighted by atomic mass is 35.5. The number of nitrogens with zero attached hydrogens (tertiary/aromatic N) is 4. The molecule has 9 nitrogen and oxygen atoms in total. The molecule has 12 heteroatoms. The second-order valence-electron chi connectivity index (χ2n) is 12.2. The highest BCUT2D eigenvalue weighted by Crippen LogP contribution is 2.36. The molecule has 46 heavy (non-hydrogen) atoms. The number of piperazine rings is 1. The predicted molar refractivity (Wildman–Crippen MR) is 183 cm³/mol. The van der Waals surface area contributed by atoms with Crippen LogP contribution in [0.5, 0.6) is 0 Å². The van der Waals surface area contributed by atoms with E-state index in [-0.39, 0.29) is 28.6 Å². The summed E-state index contributed by atoms with van der Waals surface area (Å²) >= 11 is 13.2. The average molecular weight is 667 g/mol. The lowest BCUT2D eigenvalue weighted by Crippen LogP contribution is -2.49. The van der Waals surface area contributed by atoms with Gasteiger partial charge < -0.3 is 20.9 Å². The standard InChI is InChI=1S/C34H38Cl2FN7O2/c1-4-29(45)40-21-8-11-23(12-9-21)44-32-25(20(3)30(33(44)46)24-6-5-7-27(37)31(24)36)17-39-34(42-32)41-22-10-13-28(26(35)16-22)43-15-14-38-19(2)18-43/h5-7,10,13,16-17,19,21,23,38H,4,8-9,11-12,14-15,18H2,1-3H3,(H,40,45)(H,39,41,42)/t19-,21?,23?/m1/s1. The van der Waals surface area contributed by atoms with Gasteiger partial charge >= 0.3 is 0 Å². The summed E-state index contributed by atoms with van der Waals surface area (Å²) in [4.78, 5) is 38.2. The Hall–Kier alpha value is -3.73. The number of carbonyl (C=O) groups is 1. The Bertz CT molecular complexity index is 1840. The minimum absolute atomic E-state index is 0.0172. The molecule has 4 aromatic rings. The van der Waals surface area contributed by atoms with E-state index in [0.717, 1.165) is 43.9 Å². The van der Waals surface area contributed by atoms with Crippen LogP contribution in [0.25, 0.3) is 22.2 Å². The highest BCUT2D eigenvalue weighted by Gasteiger charge is 2.29. The zero-order valence-electron chi connectivity index (χ0n) is 26.2. The molecular weight excluding hydrogens is 628 g/mol. The van der Waals surface area contributed by atoms with Gasteiger partial charge in [0.25, 0.3) is 5.56 Å². The number of aryl methyl sites for hydroxylation is 1. The number of halogens is 3. The van der Waals surface area contributed by atoms with Crippen molar-refractivity contribution in [3.05, 3.63) is 74.4 Å². The van der Waals surface area contributed by atoms with Crippen LogP contribution in [0.3, 0.4) is 0 Å². The van der Waals surface area contributed by atoms with Gasteiger partial charge in [-0.1, -0.05) is 42.3 Å². The lowest BCUT2D eigenvalue weighted by molar-refractivity contribution is -0.121. The molecule has 1 saturated heterocycles. The Kier molecular flexibility index (Phi) is 9.49. The summed E-state index contributed by atoms with van der Waals surface area (Å²) < 4.78 is 16.3. The minimum Gasteiger partial charge on any atom is -0.368 e. The summed E-state index contributed by atoms with van der Waals surface area (Å²) in [7, 11) is 0. The van der Waals surface area contributed by atoms with Crippen LogP contribution in [0.15, 0.2) is 47.4 Å². The molecular formula is C34H38Cl2FN7O2. The molecule has 1 amide bonds. The van der Waals surface area contributed by atoms with Crippen LogP contribution in [0.1, 0.15) is 57.6 Å². The van der Waals surface area contributed by atoms with Crippen LogP contribution in [0, 0.1) is 12.7 Å². The predicted octanol–water partition coefficient (Wildman–Crippen LogP) is 6.76. The van der Waals surface area contributed by atoms with Crippen LogP contribution in [-0.4, -0.2) is 52.2 Å². The first-order chi connectivity index (χ1) is 22.1. The molecule has 2 aromatic carbocycles. The molecule has 1 aliphatic heterocycles. The van der Waals surface area contributed by atoms with Crippen LogP contribution in [0.4, 0.5) is 21.7 Å². The molecule has 2 aromatic heterocycles. The van der Waals surface area contributed by atoms with Gasteiger partial charge in [-0.15, -0.1) is 0 Å². The first-order valence-electron chi connectivity index (χ1n) is 15.8. The summed E-state index contributed by atoms with van der Waals surface area (Å²) in [5.41, 5.74) is 3.16. The van der Waals surface area contributed by atoms with E-state index in [0.29, 0.717) is 64.0 Å². The van der Waals surface area contributed by atoms with Gasteiger partial charge in [-0.05, 0) is 69.4 Å². The summed E-state index contributed by atoms with van der Waals surface area (Å²) in [6, 6.07) is 10.5. The number of hydrogen-bond donors (Lipinski definition) is 3. The molecule has 0 spiro atoms. The zero-order valence-corrected chi connectivity index (χ0v) is 27.7. The fraction of sp³-hybridized carbons (Fsp3) is 0.412. The van der Waals surface area contributed by atoms with E-state index < -0.39 is 5.82 Å². The Labute approximate surface area is 277 Å². The molecule has 3 N–H and O–H groups in total. The SMILES string of the molecule is CCC(=O)NC1CCC(n2c(=O)c(-c3cccc(F)c3Cl)c(C)c3cnc(Nc4ccc(N5CCN[C@H](C)C5)c(Cl)c4)nc32)CC1. The summed E-state index contributed by atoms with van der Waals surface area (Å²) in [5, 5.41) is 11.0. The van der Waals surface area contributed by atoms with Crippen LogP contribution >= 0.6 is 23.2 Å². The second-order valence-corrected chi connectivity index (χ2v) is 13.0. The number of benzene rings is 2. The van der Waals surface area contributed by atoms with Gasteiger partial charge in [0.1, 0.15) is 11.5 Å². The molecule has 0 bridgehead atoms. The largest absolute Gasteiger partial charge is 0.368 e. The number of anilines is 3. The van der Waals surface area contributed by atoms with E-state index in [4.69, 9.17) is 28.2 Å². The third kappa shape index (κ3) is 6.43. The molecule has 1 atom stereocenters. The Morgan fingerprint density at radius 1 is 1.15 bits per heavy atom. The van der Waals surface area contributed by atoms with Gasteiger partial charge in [0.15, 0.2) is 0 Å². The van der Waals surface area contributed by atoms with Crippen molar-refractivity contribution >= 4 is 57.5 Å². The van der Waals surface area contributed by atoms with Crippen molar-refractivity contribution in [3.63, 3.8) is 0 Å². The van der Waals surface area contributed by atoms with Crippen molar-refractivity contribution in [2.24, 2.45) is 0 Å². The maximum Gasteiger partial charge on any atom is 0.260 e. The van der Waals surface area contributed by atoms with Crippen LogP contribution < -0.4 is 26.4 Å². The van der Waals surface area contributed by atoms with E-state index in [9.17, 15) is 14.0 Å². The maximum atomic E-state index is 14.6. The summed E-state index contributed by atoms with van der Waals surface area (Å²) in [6.07, 6.45) is 4.89. The van der Waals surface area contributed by atoms with E-state index in [1.54, 1.807) is 22.9 Å². The van der Waals surface area contributed by atoms with Gasteiger partial charge in [-0.3, -0.25) is 14.2 Å². The Morgan fingerprint density at radius 2 is 1.93 bits per heavy atom. The lowest BCUT2D eigenvalue weighted by Gasteiger charge is -2.34. The van der Waals surface area contributed by atoms with Gasteiger partial charge in [0.05, 0.1) is 21.3 Å². The number of nitrogens with one attached hydrogen (secondary N) is 3. The number of aromatic nitrogens is 3. The highest BCUT2D eigenvalue weighted by molar-refractivity contribution is 6.34. The Balaban J connectivity index is 1.39. The normalized spacial score (nSPS) is 20.1. The van der Waals surface area contributed by atoms with E-state index in [2.05, 4.69) is 32.8 Å². The molecule has 3 heterocycles. The van der Waals surface area contributed by atoms with E-state index in [1.807, 2.05) is 32.0 Å². The van der Waals surface area contributed by atoms with Crippen molar-refractivity contribution in [1.29, 1.82) is 0 Å². The van der Waals surface area contributed by atoms with Gasteiger partial charge in [-0.2, -0.15) is 4.98 Å². The fourth-order valence-electron chi connectivity index (χ4n) is 6.68. The maximum absolute atomic E-state index is 14.6. The van der Waals surface area contributed by atoms with Crippen LogP contribution in [-0.2, 0) is 4.79 Å². The number of fused-ring (bicyclic) bond motifs is 1. The number of pyridine rings is 1. The minimum atomic E-state index is -0.594. The first-order valence-corrected chi connectivity index (χ1v) is 16.6. The van der Waals surface area contributed by atoms with Gasteiger partial charge in [-0.25, -0.2) is 9.37 Å². The molecule has 242 valence electrons. The average Bonchev–Trinajstić information content (AvgIpc) is 3.04. The number of amides is 1. The van der Waals surface area contributed by atoms with Crippen molar-refractivity contribution in [2.45, 2.75) is 71.0 Å². The number of hydrogen-bond acceptors (Lipinski definition) is 7. The first kappa shape index (κ1) is 32.2. The van der Waals surface area contributed by atoms with Crippen molar-refractivity contribution in [2.75, 3.05) is 29.9 Å². The van der Waals surface area contributed by atoms with Crippen molar-refractivity contribution in [1.82, 2.24) is 25.2 Å². The number of carbonyl (C=O) groups excluding carboxylic acids is 1. The summed E-state index contributed by atoms with van der Waals surface area (Å²) in [6.45, 7) is 8.43. The van der Waals surface area contributed by atoms with Gasteiger partial charge in [0.2, 0.25) is 11.9 Å². The molecule has 2 fully saturated rings. The van der Waals surface area contributed by atoms with E-state index >= 15 is 0 Å². The third-order valence-corrected chi connectivity index (χ3v) is 9.78. The van der Waals surface area contributed by atoms with Crippen molar-refractivity contribution < 1.29 is 9.18 Å². The topological polar surface area (TPSA) is 104 Å². The third-order valence-electron chi connectivity index (χ3n) is 9.09. The van der Waals surface area contributed by atoms with E-state index in [1.165, 1.54) is 6.07 Å². The molecule has 1 saturated carbocycles. The zero-order chi connectivity index (χ0) is 32.5. The monoisotopic (exact) mass is 665 g/mol. The lowest BCUT2D eigenvalue weighted by atomic mass is 9.90. The Morgan fingerprint density at radius 3 is 2.65 bits per heavy atom. The smallest absolute Gasteiger partial charge is 0.260 e. The van der Waals surface area contributed by atoms with Crippen LogP contribution in [0.2, 0.25) is 10.0 Å². The molecule has 0 unspecified atom stereocenters. The second kappa shape index (κ2) is 13.6. The molecule has 6 rings (SSSR count). The van der Waals surface area contributed by atoms with Gasteiger partial charge in [0, 0.05) is 67.0 Å². The molecule has 0 radical (unpaired) electrons. The fourth-order valence-corrected chi connectivity index (χ4v) is 7.20. The quantitative estimate of drug-likeness (QED) is 0.200. The molecule has 2 aliphatic rings. The summed E-state index contributed by atoms with van der Waals surface area (Å²) in [5.74, 6) is -0.257.